The van der Waals surface area contributed by atoms with Gasteiger partial charge in [0.2, 0.25) is 5.91 Å². The molecular weight excluding hydrogens is 342 g/mol. The fraction of sp³-hybridized carbons (Fsp3) is 0.524. The van der Waals surface area contributed by atoms with E-state index in [-0.39, 0.29) is 11.8 Å². The zero-order chi connectivity index (χ0) is 18.8. The van der Waals surface area contributed by atoms with Gasteiger partial charge in [-0.15, -0.1) is 0 Å². The minimum atomic E-state index is -0.102. The van der Waals surface area contributed by atoms with Crippen LogP contribution in [0.15, 0.2) is 30.6 Å². The average Bonchev–Trinajstić information content (AvgIpc) is 3.11. The normalized spacial score (nSPS) is 20.1. The molecule has 1 atom stereocenters. The van der Waals surface area contributed by atoms with E-state index in [2.05, 4.69) is 18.2 Å². The Balaban J connectivity index is 1.33. The molecule has 0 spiro atoms. The third-order valence-electron chi connectivity index (χ3n) is 5.66. The van der Waals surface area contributed by atoms with Gasteiger partial charge in [-0.25, -0.2) is 0 Å². The Morgan fingerprint density at radius 1 is 1.33 bits per heavy atom. The third-order valence-corrected chi connectivity index (χ3v) is 5.66. The number of piperidine rings is 1. The Hall–Kier alpha value is -2.50. The van der Waals surface area contributed by atoms with Gasteiger partial charge in [0.05, 0.1) is 19.2 Å². The van der Waals surface area contributed by atoms with Crippen molar-refractivity contribution < 1.29 is 14.3 Å². The van der Waals surface area contributed by atoms with Crippen molar-refractivity contribution in [2.24, 2.45) is 11.8 Å². The van der Waals surface area contributed by atoms with Gasteiger partial charge in [-0.2, -0.15) is 5.10 Å². The number of aromatic nitrogens is 2. The molecule has 6 nitrogen and oxygen atoms in total. The van der Waals surface area contributed by atoms with E-state index in [1.807, 2.05) is 34.0 Å². The van der Waals surface area contributed by atoms with E-state index >= 15 is 0 Å². The van der Waals surface area contributed by atoms with Gasteiger partial charge in [0.15, 0.2) is 11.5 Å². The van der Waals surface area contributed by atoms with Crippen molar-refractivity contribution in [1.29, 1.82) is 0 Å². The van der Waals surface area contributed by atoms with Crippen LogP contribution in [0.2, 0.25) is 0 Å². The van der Waals surface area contributed by atoms with E-state index in [1.165, 1.54) is 5.56 Å². The van der Waals surface area contributed by atoms with Gasteiger partial charge >= 0.3 is 0 Å². The number of carbonyl (C=O) groups excluding carboxylic acids is 1. The molecule has 3 heterocycles. The second-order valence-corrected chi connectivity index (χ2v) is 7.67. The molecule has 4 rings (SSSR count). The van der Waals surface area contributed by atoms with Gasteiger partial charge in [-0.1, -0.05) is 12.1 Å². The molecule has 1 amide bonds. The van der Waals surface area contributed by atoms with Crippen LogP contribution < -0.4 is 9.47 Å². The molecule has 1 aromatic carbocycles. The minimum absolute atomic E-state index is 0.102. The van der Waals surface area contributed by atoms with Crippen LogP contribution in [0.25, 0.3) is 0 Å². The number of benzene rings is 1. The van der Waals surface area contributed by atoms with Crippen molar-refractivity contribution in [2.45, 2.75) is 32.7 Å². The van der Waals surface area contributed by atoms with E-state index in [9.17, 15) is 4.79 Å². The molecule has 2 aliphatic rings. The number of para-hydroxylation sites is 1. The lowest BCUT2D eigenvalue weighted by atomic mass is 9.92. The molecule has 0 unspecified atom stereocenters. The lowest BCUT2D eigenvalue weighted by Gasteiger charge is -2.35. The lowest BCUT2D eigenvalue weighted by Crippen LogP contribution is -2.45. The molecule has 0 aliphatic carbocycles. The summed E-state index contributed by atoms with van der Waals surface area (Å²) in [5.41, 5.74) is 2.25. The summed E-state index contributed by atoms with van der Waals surface area (Å²) < 4.78 is 13.3. The number of amides is 1. The summed E-state index contributed by atoms with van der Waals surface area (Å²) in [6.07, 6.45) is 6.76. The van der Waals surface area contributed by atoms with Crippen molar-refractivity contribution in [1.82, 2.24) is 14.7 Å². The average molecular weight is 369 g/mol. The maximum Gasteiger partial charge on any atom is 0.229 e. The van der Waals surface area contributed by atoms with E-state index in [1.54, 1.807) is 7.11 Å². The number of carbonyl (C=O) groups is 1. The van der Waals surface area contributed by atoms with E-state index in [4.69, 9.17) is 9.47 Å². The number of ether oxygens (including phenoxy) is 2. The number of hydrogen-bond acceptors (Lipinski definition) is 4. The van der Waals surface area contributed by atoms with Crippen LogP contribution in [0.3, 0.4) is 0 Å². The van der Waals surface area contributed by atoms with Crippen molar-refractivity contribution in [3.05, 3.63) is 41.7 Å². The van der Waals surface area contributed by atoms with Crippen molar-refractivity contribution in [3.63, 3.8) is 0 Å². The molecule has 0 bridgehead atoms. The lowest BCUT2D eigenvalue weighted by molar-refractivity contribution is -0.138. The Labute approximate surface area is 160 Å². The predicted molar refractivity (Wildman–Crippen MR) is 102 cm³/mol. The second kappa shape index (κ2) is 7.62. The molecule has 2 aliphatic heterocycles. The van der Waals surface area contributed by atoms with Gasteiger partial charge < -0.3 is 14.4 Å². The molecule has 0 radical (unpaired) electrons. The van der Waals surface area contributed by atoms with Crippen LogP contribution in [0.5, 0.6) is 11.5 Å². The SMILES string of the molecule is COc1cccc2c1OC[C@H](C(=O)N1CCC(Cn3cc(C)cn3)CC1)C2. The number of nitrogens with zero attached hydrogens (tertiary/aromatic N) is 3. The highest BCUT2D eigenvalue weighted by Gasteiger charge is 2.32. The summed E-state index contributed by atoms with van der Waals surface area (Å²) in [4.78, 5) is 15.0. The number of likely N-dealkylation sites (tertiary alicyclic amines) is 1. The maximum absolute atomic E-state index is 13.0. The van der Waals surface area contributed by atoms with Crippen molar-refractivity contribution in [2.75, 3.05) is 26.8 Å². The zero-order valence-electron chi connectivity index (χ0n) is 16.1. The molecule has 6 heteroatoms. The van der Waals surface area contributed by atoms with Gasteiger partial charge in [-0.05, 0) is 49.3 Å². The molecule has 1 aromatic heterocycles. The zero-order valence-corrected chi connectivity index (χ0v) is 16.1. The number of hydrogen-bond donors (Lipinski definition) is 0. The quantitative estimate of drug-likeness (QED) is 0.831. The van der Waals surface area contributed by atoms with Gasteiger partial charge in [0.1, 0.15) is 6.61 Å². The first-order valence-corrected chi connectivity index (χ1v) is 9.70. The third kappa shape index (κ3) is 3.80. The van der Waals surface area contributed by atoms with Gasteiger partial charge in [-0.3, -0.25) is 9.48 Å². The van der Waals surface area contributed by atoms with Crippen LogP contribution >= 0.6 is 0 Å². The molecule has 1 saturated heterocycles. The summed E-state index contributed by atoms with van der Waals surface area (Å²) >= 11 is 0. The summed E-state index contributed by atoms with van der Waals surface area (Å²) in [6.45, 7) is 5.08. The Kier molecular flexibility index (Phi) is 5.05. The number of rotatable bonds is 4. The Bertz CT molecular complexity index is 809. The largest absolute Gasteiger partial charge is 0.493 e. The highest BCUT2D eigenvalue weighted by Crippen LogP contribution is 2.36. The summed E-state index contributed by atoms with van der Waals surface area (Å²) in [5.74, 6) is 2.23. The molecule has 2 aromatic rings. The first kappa shape index (κ1) is 17.9. The number of methoxy groups -OCH3 is 1. The topological polar surface area (TPSA) is 56.6 Å². The highest BCUT2D eigenvalue weighted by atomic mass is 16.5. The first-order valence-electron chi connectivity index (χ1n) is 9.70. The van der Waals surface area contributed by atoms with Crippen molar-refractivity contribution in [3.8, 4) is 11.5 Å². The fourth-order valence-corrected chi connectivity index (χ4v) is 4.14. The van der Waals surface area contributed by atoms with E-state index in [0.717, 1.165) is 56.0 Å². The Morgan fingerprint density at radius 3 is 2.85 bits per heavy atom. The molecule has 1 fully saturated rings. The Morgan fingerprint density at radius 2 is 2.15 bits per heavy atom. The minimum Gasteiger partial charge on any atom is -0.493 e. The number of aryl methyl sites for hydroxylation is 1. The van der Waals surface area contributed by atoms with Gasteiger partial charge in [0, 0.05) is 25.8 Å². The van der Waals surface area contributed by atoms with Crippen LogP contribution in [-0.4, -0.2) is 47.4 Å². The summed E-state index contributed by atoms with van der Waals surface area (Å²) in [5, 5.41) is 4.38. The molecule has 0 N–H and O–H groups in total. The molecule has 0 saturated carbocycles. The molecule has 27 heavy (non-hydrogen) atoms. The number of fused-ring (bicyclic) bond motifs is 1. The van der Waals surface area contributed by atoms with E-state index < -0.39 is 0 Å². The van der Waals surface area contributed by atoms with Crippen molar-refractivity contribution >= 4 is 5.91 Å². The summed E-state index contributed by atoms with van der Waals surface area (Å²) in [7, 11) is 1.64. The van der Waals surface area contributed by atoms with Gasteiger partial charge in [0.25, 0.3) is 0 Å². The standard InChI is InChI=1S/C21H27N3O3/c1-15-11-22-24(12-15)13-16-6-8-23(9-7-16)21(25)18-10-17-4-3-5-19(26-2)20(17)27-14-18/h3-5,11-12,16,18H,6-10,13-14H2,1-2H3/t18-/m1/s1. The van der Waals surface area contributed by atoms with Crippen LogP contribution in [0.4, 0.5) is 0 Å². The first-order chi connectivity index (χ1) is 13.1. The predicted octanol–water partition coefficient (Wildman–Crippen LogP) is 2.69. The molecule has 144 valence electrons. The smallest absolute Gasteiger partial charge is 0.229 e. The van der Waals surface area contributed by atoms with Crippen LogP contribution in [-0.2, 0) is 17.8 Å². The van der Waals surface area contributed by atoms with E-state index in [0.29, 0.717) is 12.5 Å². The van der Waals surface area contributed by atoms with Crippen LogP contribution in [0, 0.1) is 18.8 Å². The maximum atomic E-state index is 13.0. The molecular formula is C21H27N3O3. The van der Waals surface area contributed by atoms with Crippen LogP contribution in [0.1, 0.15) is 24.0 Å². The second-order valence-electron chi connectivity index (χ2n) is 7.67. The fourth-order valence-electron chi connectivity index (χ4n) is 4.14. The monoisotopic (exact) mass is 369 g/mol. The summed E-state index contributed by atoms with van der Waals surface area (Å²) in [6, 6.07) is 5.87. The highest BCUT2D eigenvalue weighted by molar-refractivity contribution is 5.80.